The Kier molecular flexibility index (Phi) is 4.53. The Hall–Kier alpha value is -1.60. The fraction of sp³-hybridized carbons (Fsp3) is 0.500. The lowest BCUT2D eigenvalue weighted by Gasteiger charge is -2.30. The highest BCUT2D eigenvalue weighted by Gasteiger charge is 2.31. The van der Waals surface area contributed by atoms with E-state index in [-0.39, 0.29) is 16.2 Å². The van der Waals surface area contributed by atoms with Crippen LogP contribution in [0.3, 0.4) is 0 Å². The van der Waals surface area contributed by atoms with E-state index in [0.717, 1.165) is 18.9 Å². The maximum absolute atomic E-state index is 12.7. The molecule has 21 heavy (non-hydrogen) atoms. The van der Waals surface area contributed by atoms with E-state index < -0.39 is 16.0 Å². The van der Waals surface area contributed by atoms with Crippen molar-refractivity contribution >= 4 is 16.0 Å². The summed E-state index contributed by atoms with van der Waals surface area (Å²) in [4.78, 5) is 11.0. The minimum absolute atomic E-state index is 0.0700. The predicted molar refractivity (Wildman–Crippen MR) is 77.1 cm³/mol. The highest BCUT2D eigenvalue weighted by atomic mass is 32.2. The van der Waals surface area contributed by atoms with Crippen LogP contribution in [-0.4, -0.2) is 44.0 Å². The van der Waals surface area contributed by atoms with Crippen LogP contribution >= 0.6 is 0 Å². The summed E-state index contributed by atoms with van der Waals surface area (Å²) in [6.45, 7) is 2.91. The van der Waals surface area contributed by atoms with Crippen molar-refractivity contribution in [2.45, 2.75) is 24.7 Å². The number of hydrogen-bond acceptors (Lipinski definition) is 4. The van der Waals surface area contributed by atoms with Crippen molar-refractivity contribution in [3.8, 4) is 5.75 Å². The largest absolute Gasteiger partial charge is 0.495 e. The second-order valence-electron chi connectivity index (χ2n) is 5.28. The SMILES string of the molecule is COc1ccc(C(=O)O)cc1S(=O)(=O)N1CCC[C@@H](C)C1. The molecule has 0 aliphatic carbocycles. The van der Waals surface area contributed by atoms with Gasteiger partial charge in [-0.25, -0.2) is 13.2 Å². The molecule has 6 nitrogen and oxygen atoms in total. The lowest BCUT2D eigenvalue weighted by atomic mass is 10.0. The van der Waals surface area contributed by atoms with Gasteiger partial charge in [-0.1, -0.05) is 6.92 Å². The molecular formula is C14H19NO5S. The molecule has 1 saturated heterocycles. The normalized spacial score (nSPS) is 20.2. The summed E-state index contributed by atoms with van der Waals surface area (Å²) in [5.74, 6) is -0.707. The fourth-order valence-corrected chi connectivity index (χ4v) is 4.29. The molecular weight excluding hydrogens is 294 g/mol. The average Bonchev–Trinajstić information content (AvgIpc) is 2.46. The summed E-state index contributed by atoms with van der Waals surface area (Å²) in [7, 11) is -2.38. The molecule has 0 saturated carbocycles. The van der Waals surface area contributed by atoms with Crippen molar-refractivity contribution in [3.63, 3.8) is 0 Å². The van der Waals surface area contributed by atoms with Crippen LogP contribution in [0.15, 0.2) is 23.1 Å². The predicted octanol–water partition coefficient (Wildman–Crippen LogP) is 1.81. The van der Waals surface area contributed by atoms with Crippen LogP contribution in [0.5, 0.6) is 5.75 Å². The number of aromatic carboxylic acids is 1. The summed E-state index contributed by atoms with van der Waals surface area (Å²) < 4.78 is 32.0. The van der Waals surface area contributed by atoms with Crippen molar-refractivity contribution in [2.24, 2.45) is 5.92 Å². The van der Waals surface area contributed by atoms with Gasteiger partial charge in [-0.2, -0.15) is 4.31 Å². The number of hydrogen-bond donors (Lipinski definition) is 1. The van der Waals surface area contributed by atoms with Gasteiger partial charge in [0.2, 0.25) is 10.0 Å². The molecule has 1 aromatic carbocycles. The van der Waals surface area contributed by atoms with Gasteiger partial charge >= 0.3 is 5.97 Å². The van der Waals surface area contributed by atoms with Gasteiger partial charge in [-0.15, -0.1) is 0 Å². The Labute approximate surface area is 124 Å². The van der Waals surface area contributed by atoms with E-state index in [0.29, 0.717) is 19.0 Å². The summed E-state index contributed by atoms with van der Waals surface area (Å²) >= 11 is 0. The highest BCUT2D eigenvalue weighted by molar-refractivity contribution is 7.89. The smallest absolute Gasteiger partial charge is 0.335 e. The Bertz CT molecular complexity index is 641. The van der Waals surface area contributed by atoms with Crippen LogP contribution < -0.4 is 4.74 Å². The van der Waals surface area contributed by atoms with Crippen molar-refractivity contribution in [2.75, 3.05) is 20.2 Å². The number of methoxy groups -OCH3 is 1. The monoisotopic (exact) mass is 313 g/mol. The number of carboxylic acids is 1. The number of carboxylic acid groups (broad SMARTS) is 1. The fourth-order valence-electron chi connectivity index (χ4n) is 2.52. The molecule has 7 heteroatoms. The molecule has 1 aliphatic heterocycles. The van der Waals surface area contributed by atoms with Crippen LogP contribution in [0.25, 0.3) is 0 Å². The van der Waals surface area contributed by atoms with Crippen LogP contribution in [0.1, 0.15) is 30.1 Å². The van der Waals surface area contributed by atoms with E-state index in [1.165, 1.54) is 23.5 Å². The van der Waals surface area contributed by atoms with Gasteiger partial charge in [0.1, 0.15) is 10.6 Å². The number of nitrogens with zero attached hydrogens (tertiary/aromatic N) is 1. The van der Waals surface area contributed by atoms with Gasteiger partial charge in [-0.3, -0.25) is 0 Å². The Morgan fingerprint density at radius 2 is 2.14 bits per heavy atom. The zero-order valence-electron chi connectivity index (χ0n) is 12.1. The first-order valence-corrected chi connectivity index (χ1v) is 8.21. The van der Waals surface area contributed by atoms with E-state index in [1.54, 1.807) is 0 Å². The number of benzene rings is 1. The first-order chi connectivity index (χ1) is 9.86. The third-order valence-corrected chi connectivity index (χ3v) is 5.53. The minimum Gasteiger partial charge on any atom is -0.495 e. The third kappa shape index (κ3) is 3.19. The summed E-state index contributed by atoms with van der Waals surface area (Å²) in [6, 6.07) is 3.87. The molecule has 2 rings (SSSR count). The highest BCUT2D eigenvalue weighted by Crippen LogP contribution is 2.30. The summed E-state index contributed by atoms with van der Waals surface area (Å²) in [6.07, 6.45) is 1.81. The zero-order valence-corrected chi connectivity index (χ0v) is 12.9. The third-order valence-electron chi connectivity index (χ3n) is 3.65. The van der Waals surface area contributed by atoms with Gasteiger partial charge in [0, 0.05) is 13.1 Å². The van der Waals surface area contributed by atoms with E-state index >= 15 is 0 Å². The average molecular weight is 313 g/mol. The van der Waals surface area contributed by atoms with Gasteiger partial charge in [0.25, 0.3) is 0 Å². The van der Waals surface area contributed by atoms with Crippen molar-refractivity contribution in [3.05, 3.63) is 23.8 Å². The lowest BCUT2D eigenvalue weighted by Crippen LogP contribution is -2.39. The quantitative estimate of drug-likeness (QED) is 0.916. The molecule has 0 radical (unpaired) electrons. The minimum atomic E-state index is -3.75. The van der Waals surface area contributed by atoms with E-state index in [2.05, 4.69) is 0 Å². The maximum atomic E-state index is 12.7. The summed E-state index contributed by atoms with van der Waals surface area (Å²) in [5.41, 5.74) is -0.0700. The Balaban J connectivity index is 2.47. The van der Waals surface area contributed by atoms with Crippen molar-refractivity contribution in [1.82, 2.24) is 4.31 Å². The molecule has 0 spiro atoms. The number of sulfonamides is 1. The molecule has 0 amide bonds. The second-order valence-corrected chi connectivity index (χ2v) is 7.19. The van der Waals surface area contributed by atoms with Crippen molar-refractivity contribution in [1.29, 1.82) is 0 Å². The molecule has 1 aromatic rings. The lowest BCUT2D eigenvalue weighted by molar-refractivity contribution is 0.0696. The van der Waals surface area contributed by atoms with Crippen LogP contribution in [-0.2, 0) is 10.0 Å². The van der Waals surface area contributed by atoms with Crippen LogP contribution in [0.4, 0.5) is 0 Å². The van der Waals surface area contributed by atoms with Crippen LogP contribution in [0.2, 0.25) is 0 Å². The van der Waals surface area contributed by atoms with Gasteiger partial charge in [-0.05, 0) is 37.0 Å². The molecule has 0 unspecified atom stereocenters. The molecule has 1 aliphatic rings. The Morgan fingerprint density at radius 1 is 1.43 bits per heavy atom. The van der Waals surface area contributed by atoms with Crippen LogP contribution in [0, 0.1) is 5.92 Å². The Morgan fingerprint density at radius 3 is 2.71 bits per heavy atom. The molecule has 0 aromatic heterocycles. The zero-order chi connectivity index (χ0) is 15.6. The van der Waals surface area contributed by atoms with Gasteiger partial charge in [0.15, 0.2) is 0 Å². The summed E-state index contributed by atoms with van der Waals surface area (Å²) in [5, 5.41) is 9.04. The number of ether oxygens (including phenoxy) is 1. The second kappa shape index (κ2) is 6.03. The molecule has 0 bridgehead atoms. The first kappa shape index (κ1) is 15.8. The molecule has 1 atom stereocenters. The standard InChI is InChI=1S/C14H19NO5S/c1-10-4-3-7-15(9-10)21(18,19)13-8-11(14(16)17)5-6-12(13)20-2/h5-6,8,10H,3-4,7,9H2,1-2H3,(H,16,17)/t10-/m1/s1. The topological polar surface area (TPSA) is 83.9 Å². The molecule has 1 N–H and O–H groups in total. The molecule has 1 heterocycles. The van der Waals surface area contributed by atoms with Crippen molar-refractivity contribution < 1.29 is 23.1 Å². The number of piperidine rings is 1. The maximum Gasteiger partial charge on any atom is 0.335 e. The van der Waals surface area contributed by atoms with E-state index in [1.807, 2.05) is 6.92 Å². The molecule has 1 fully saturated rings. The van der Waals surface area contributed by atoms with E-state index in [4.69, 9.17) is 9.84 Å². The van der Waals surface area contributed by atoms with E-state index in [9.17, 15) is 13.2 Å². The van der Waals surface area contributed by atoms with Gasteiger partial charge < -0.3 is 9.84 Å². The first-order valence-electron chi connectivity index (χ1n) is 6.77. The number of carbonyl (C=O) groups is 1. The van der Waals surface area contributed by atoms with Gasteiger partial charge in [0.05, 0.1) is 12.7 Å². The molecule has 116 valence electrons. The number of rotatable bonds is 4.